The van der Waals surface area contributed by atoms with Gasteiger partial charge in [-0.25, -0.2) is 0 Å². The van der Waals surface area contributed by atoms with E-state index in [4.69, 9.17) is 9.47 Å². The molecule has 126 valence electrons. The molecular weight excluding hydrogens is 370 g/mol. The van der Waals surface area contributed by atoms with Gasteiger partial charge in [-0.1, -0.05) is 12.1 Å². The number of benzene rings is 2. The minimum Gasteiger partial charge on any atom is -0.493 e. The van der Waals surface area contributed by atoms with Gasteiger partial charge in [-0.15, -0.1) is 0 Å². The number of carbonyl (C=O) groups excluding carboxylic acids is 1. The molecule has 24 heavy (non-hydrogen) atoms. The normalized spacial score (nSPS) is 10.7. The molecule has 0 atom stereocenters. The first kappa shape index (κ1) is 18.1. The van der Waals surface area contributed by atoms with Gasteiger partial charge in [0.05, 0.1) is 19.4 Å². The summed E-state index contributed by atoms with van der Waals surface area (Å²) in [5, 5.41) is 2.84. The number of methoxy groups -OCH3 is 1. The van der Waals surface area contributed by atoms with E-state index < -0.39 is 0 Å². The van der Waals surface area contributed by atoms with Crippen LogP contribution in [0.5, 0.6) is 11.5 Å². The van der Waals surface area contributed by atoms with Crippen molar-refractivity contribution < 1.29 is 14.3 Å². The van der Waals surface area contributed by atoms with Crippen LogP contribution in [-0.2, 0) is 4.79 Å². The summed E-state index contributed by atoms with van der Waals surface area (Å²) in [5.41, 5.74) is 2.71. The summed E-state index contributed by atoms with van der Waals surface area (Å²) in [5.74, 6) is 1.12. The highest BCUT2D eigenvalue weighted by atomic mass is 79.9. The molecule has 2 aromatic rings. The number of amides is 1. The molecule has 0 bridgehead atoms. The van der Waals surface area contributed by atoms with E-state index in [1.807, 2.05) is 50.2 Å². The van der Waals surface area contributed by atoms with E-state index in [9.17, 15) is 4.79 Å². The van der Waals surface area contributed by atoms with Crippen LogP contribution >= 0.6 is 15.9 Å². The van der Waals surface area contributed by atoms with Gasteiger partial charge in [0.2, 0.25) is 5.91 Å². The zero-order valence-corrected chi connectivity index (χ0v) is 15.5. The van der Waals surface area contributed by atoms with Crippen LogP contribution in [0.4, 0.5) is 5.69 Å². The molecule has 5 heteroatoms. The molecular formula is C19H20BrNO3. The maximum Gasteiger partial charge on any atom is 0.248 e. The number of nitrogens with one attached hydrogen (secondary N) is 1. The lowest BCUT2D eigenvalue weighted by atomic mass is 10.2. The standard InChI is InChI=1S/C19H20BrNO3/c1-4-24-17-9-6-14(12-18(17)23-3)7-10-19(22)21-16-8-5-13(2)11-15(16)20/h5-12H,4H2,1-3H3,(H,21,22)/b10-7+. The maximum atomic E-state index is 12.1. The van der Waals surface area contributed by atoms with Crippen molar-refractivity contribution in [3.63, 3.8) is 0 Å². The number of halogens is 1. The molecule has 0 unspecified atom stereocenters. The Hall–Kier alpha value is -2.27. The van der Waals surface area contributed by atoms with E-state index >= 15 is 0 Å². The Morgan fingerprint density at radius 1 is 1.21 bits per heavy atom. The molecule has 2 aromatic carbocycles. The van der Waals surface area contributed by atoms with Crippen molar-refractivity contribution in [2.75, 3.05) is 19.0 Å². The Balaban J connectivity index is 2.08. The highest BCUT2D eigenvalue weighted by Gasteiger charge is 2.05. The topological polar surface area (TPSA) is 47.6 Å². The van der Waals surface area contributed by atoms with E-state index in [-0.39, 0.29) is 5.91 Å². The first-order valence-electron chi connectivity index (χ1n) is 7.59. The van der Waals surface area contributed by atoms with Gasteiger partial charge in [0.15, 0.2) is 11.5 Å². The summed E-state index contributed by atoms with van der Waals surface area (Å²) in [6.45, 7) is 4.48. The smallest absolute Gasteiger partial charge is 0.248 e. The summed E-state index contributed by atoms with van der Waals surface area (Å²) in [6.07, 6.45) is 3.22. The van der Waals surface area contributed by atoms with Crippen molar-refractivity contribution in [1.82, 2.24) is 0 Å². The first-order valence-corrected chi connectivity index (χ1v) is 8.39. The fourth-order valence-electron chi connectivity index (χ4n) is 2.13. The summed E-state index contributed by atoms with van der Waals surface area (Å²) in [7, 11) is 1.59. The fraction of sp³-hybridized carbons (Fsp3) is 0.211. The van der Waals surface area contributed by atoms with Crippen LogP contribution < -0.4 is 14.8 Å². The van der Waals surface area contributed by atoms with Crippen LogP contribution in [0.2, 0.25) is 0 Å². The lowest BCUT2D eigenvalue weighted by Gasteiger charge is -2.09. The monoisotopic (exact) mass is 389 g/mol. The highest BCUT2D eigenvalue weighted by Crippen LogP contribution is 2.28. The third-order valence-electron chi connectivity index (χ3n) is 3.30. The molecule has 0 heterocycles. The lowest BCUT2D eigenvalue weighted by Crippen LogP contribution is -2.08. The predicted molar refractivity (Wildman–Crippen MR) is 101 cm³/mol. The summed E-state index contributed by atoms with van der Waals surface area (Å²) < 4.78 is 11.6. The Labute approximate surface area is 150 Å². The fourth-order valence-corrected chi connectivity index (χ4v) is 2.72. The number of anilines is 1. The largest absolute Gasteiger partial charge is 0.493 e. The summed E-state index contributed by atoms with van der Waals surface area (Å²) in [4.78, 5) is 12.1. The second-order valence-electron chi connectivity index (χ2n) is 5.15. The molecule has 2 rings (SSSR count). The van der Waals surface area contributed by atoms with Crippen LogP contribution in [-0.4, -0.2) is 19.6 Å². The van der Waals surface area contributed by atoms with E-state index in [1.165, 1.54) is 6.08 Å². The van der Waals surface area contributed by atoms with E-state index in [2.05, 4.69) is 21.2 Å². The Kier molecular flexibility index (Phi) is 6.44. The molecule has 0 aliphatic carbocycles. The van der Waals surface area contributed by atoms with Crippen molar-refractivity contribution in [2.24, 2.45) is 0 Å². The number of ether oxygens (including phenoxy) is 2. The predicted octanol–water partition coefficient (Wildman–Crippen LogP) is 4.82. The molecule has 0 aliphatic heterocycles. The molecule has 0 radical (unpaired) electrons. The van der Waals surface area contributed by atoms with Gasteiger partial charge in [0.25, 0.3) is 0 Å². The second kappa shape index (κ2) is 8.55. The highest BCUT2D eigenvalue weighted by molar-refractivity contribution is 9.10. The number of rotatable bonds is 6. The van der Waals surface area contributed by atoms with Crippen LogP contribution in [0.25, 0.3) is 6.08 Å². The first-order chi connectivity index (χ1) is 11.5. The number of aryl methyl sites for hydroxylation is 1. The molecule has 0 saturated carbocycles. The van der Waals surface area contributed by atoms with Gasteiger partial charge < -0.3 is 14.8 Å². The second-order valence-corrected chi connectivity index (χ2v) is 6.00. The van der Waals surface area contributed by atoms with Gasteiger partial charge >= 0.3 is 0 Å². The zero-order valence-electron chi connectivity index (χ0n) is 13.9. The molecule has 0 saturated heterocycles. The third-order valence-corrected chi connectivity index (χ3v) is 3.95. The number of hydrogen-bond donors (Lipinski definition) is 1. The SMILES string of the molecule is CCOc1ccc(/C=C/C(=O)Nc2ccc(C)cc2Br)cc1OC. The molecule has 1 N–H and O–H groups in total. The third kappa shape index (κ3) is 4.86. The van der Waals surface area contributed by atoms with Gasteiger partial charge in [-0.2, -0.15) is 0 Å². The van der Waals surface area contributed by atoms with Crippen LogP contribution in [0, 0.1) is 6.92 Å². The number of hydrogen-bond acceptors (Lipinski definition) is 3. The average Bonchev–Trinajstić information content (AvgIpc) is 2.56. The molecule has 0 fully saturated rings. The minimum atomic E-state index is -0.201. The molecule has 4 nitrogen and oxygen atoms in total. The molecule has 1 amide bonds. The number of carbonyl (C=O) groups is 1. The molecule has 0 spiro atoms. The van der Waals surface area contributed by atoms with E-state index in [1.54, 1.807) is 13.2 Å². The van der Waals surface area contributed by atoms with Gasteiger partial charge in [0, 0.05) is 10.5 Å². The van der Waals surface area contributed by atoms with Crippen LogP contribution in [0.15, 0.2) is 46.9 Å². The Morgan fingerprint density at radius 3 is 2.67 bits per heavy atom. The van der Waals surface area contributed by atoms with Crippen LogP contribution in [0.3, 0.4) is 0 Å². The average molecular weight is 390 g/mol. The van der Waals surface area contributed by atoms with Crippen molar-refractivity contribution in [3.8, 4) is 11.5 Å². The maximum absolute atomic E-state index is 12.1. The van der Waals surface area contributed by atoms with Crippen molar-refractivity contribution in [2.45, 2.75) is 13.8 Å². The van der Waals surface area contributed by atoms with Gasteiger partial charge in [0.1, 0.15) is 0 Å². The van der Waals surface area contributed by atoms with E-state index in [0.29, 0.717) is 18.1 Å². The van der Waals surface area contributed by atoms with Gasteiger partial charge in [-0.3, -0.25) is 4.79 Å². The zero-order chi connectivity index (χ0) is 17.5. The van der Waals surface area contributed by atoms with Crippen molar-refractivity contribution >= 4 is 33.6 Å². The summed E-state index contributed by atoms with van der Waals surface area (Å²) in [6, 6.07) is 11.3. The quantitative estimate of drug-likeness (QED) is 0.720. The Morgan fingerprint density at radius 2 is 2.00 bits per heavy atom. The molecule has 0 aliphatic rings. The summed E-state index contributed by atoms with van der Waals surface area (Å²) >= 11 is 3.44. The van der Waals surface area contributed by atoms with Crippen molar-refractivity contribution in [1.29, 1.82) is 0 Å². The van der Waals surface area contributed by atoms with Gasteiger partial charge in [-0.05, 0) is 71.2 Å². The minimum absolute atomic E-state index is 0.201. The lowest BCUT2D eigenvalue weighted by molar-refractivity contribution is -0.111. The van der Waals surface area contributed by atoms with Crippen molar-refractivity contribution in [3.05, 3.63) is 58.1 Å². The van der Waals surface area contributed by atoms with Crippen LogP contribution in [0.1, 0.15) is 18.1 Å². The molecule has 0 aromatic heterocycles. The van der Waals surface area contributed by atoms with E-state index in [0.717, 1.165) is 21.3 Å². The Bertz CT molecular complexity index is 756.